The van der Waals surface area contributed by atoms with Crippen LogP contribution in [0.5, 0.6) is 11.5 Å². The average Bonchev–Trinajstić information content (AvgIpc) is 2.85. The summed E-state index contributed by atoms with van der Waals surface area (Å²) < 4.78 is 48.1. The molecule has 0 aromatic heterocycles. The topological polar surface area (TPSA) is 94.5 Å². The van der Waals surface area contributed by atoms with E-state index in [-0.39, 0.29) is 39.3 Å². The van der Waals surface area contributed by atoms with Gasteiger partial charge in [-0.1, -0.05) is 18.2 Å². The number of carboxylic acids is 1. The molecule has 0 heterocycles. The van der Waals surface area contributed by atoms with Crippen LogP contribution in [0.15, 0.2) is 36.4 Å². The fourth-order valence-electron chi connectivity index (χ4n) is 3.65. The van der Waals surface area contributed by atoms with E-state index in [1.165, 1.54) is 4.90 Å². The summed E-state index contributed by atoms with van der Waals surface area (Å²) >= 11 is 0. The van der Waals surface area contributed by atoms with Crippen LogP contribution in [-0.4, -0.2) is 73.6 Å². The minimum atomic E-state index is -2.82. The molecule has 0 aliphatic carbocycles. The number of rotatable bonds is 16. The van der Waals surface area contributed by atoms with Gasteiger partial charge in [0.05, 0.1) is 19.8 Å². The van der Waals surface area contributed by atoms with Gasteiger partial charge in [-0.05, 0) is 75.1 Å². The van der Waals surface area contributed by atoms with E-state index in [4.69, 9.17) is 18.9 Å². The van der Waals surface area contributed by atoms with E-state index < -0.39 is 30.5 Å². The van der Waals surface area contributed by atoms with Crippen LogP contribution in [0, 0.1) is 20.8 Å². The Hall–Kier alpha value is -3.24. The van der Waals surface area contributed by atoms with Crippen LogP contribution in [0.25, 0.3) is 0 Å². The van der Waals surface area contributed by atoms with E-state index in [1.807, 2.05) is 26.8 Å². The van der Waals surface area contributed by atoms with Gasteiger partial charge in [-0.3, -0.25) is 0 Å². The minimum absolute atomic E-state index is 0.0658. The molecule has 10 heteroatoms. The number of alkyl halides is 2. The number of carbonyl (C=O) groups is 2. The second-order valence-corrected chi connectivity index (χ2v) is 9.47. The highest BCUT2D eigenvalue weighted by Crippen LogP contribution is 2.23. The molecule has 2 aromatic rings. The highest BCUT2D eigenvalue weighted by Gasteiger charge is 2.21. The number of aliphatic carboxylic acids is 1. The van der Waals surface area contributed by atoms with Crippen molar-refractivity contribution in [2.24, 2.45) is 0 Å². The number of amides is 1. The molecule has 1 unspecified atom stereocenters. The van der Waals surface area contributed by atoms with E-state index >= 15 is 0 Å². The number of hydrogen-bond acceptors (Lipinski definition) is 6. The van der Waals surface area contributed by atoms with Crippen molar-refractivity contribution in [3.63, 3.8) is 0 Å². The van der Waals surface area contributed by atoms with Crippen molar-refractivity contribution < 1.29 is 42.4 Å². The van der Waals surface area contributed by atoms with Gasteiger partial charge < -0.3 is 29.0 Å². The lowest BCUT2D eigenvalue weighted by molar-refractivity contribution is -0.149. The Morgan fingerprint density at radius 2 is 1.62 bits per heavy atom. The molecule has 0 radical (unpaired) electrons. The second-order valence-electron chi connectivity index (χ2n) is 9.47. The van der Waals surface area contributed by atoms with Gasteiger partial charge in [-0.15, -0.1) is 0 Å². The van der Waals surface area contributed by atoms with Crippen LogP contribution in [0.4, 0.5) is 13.6 Å². The maximum Gasteiger partial charge on any atom is 0.415 e. The third-order valence-electron chi connectivity index (χ3n) is 6.06. The lowest BCUT2D eigenvalue weighted by Gasteiger charge is -2.23. The van der Waals surface area contributed by atoms with Gasteiger partial charge in [-0.25, -0.2) is 18.4 Å². The molecule has 0 bridgehead atoms. The molecule has 2 aromatic carbocycles. The average molecular weight is 552 g/mol. The van der Waals surface area contributed by atoms with Crippen LogP contribution in [0.3, 0.4) is 0 Å². The van der Waals surface area contributed by atoms with Crippen molar-refractivity contribution in [1.29, 1.82) is 0 Å². The summed E-state index contributed by atoms with van der Waals surface area (Å²) in [6, 6.07) is 10.7. The zero-order chi connectivity index (χ0) is 29.0. The SMILES string of the molecule is CCOC(Cc1ccc(OCCN(CCOCCC(C)(F)F)C(=O)Oc2cc(C)c(C)cc2C)cc1)C(=O)O. The van der Waals surface area contributed by atoms with Gasteiger partial charge in [0.25, 0.3) is 0 Å². The first-order valence-electron chi connectivity index (χ1n) is 13.0. The summed E-state index contributed by atoms with van der Waals surface area (Å²) in [5.41, 5.74) is 3.67. The maximum atomic E-state index is 13.0. The maximum absolute atomic E-state index is 13.0. The summed E-state index contributed by atoms with van der Waals surface area (Å²) in [4.78, 5) is 25.7. The first kappa shape index (κ1) is 32.0. The Bertz CT molecular complexity index is 1070. The molecule has 0 saturated heterocycles. The van der Waals surface area contributed by atoms with Crippen molar-refractivity contribution >= 4 is 12.1 Å². The number of halogens is 2. The Kier molecular flexibility index (Phi) is 12.6. The van der Waals surface area contributed by atoms with E-state index in [0.717, 1.165) is 29.2 Å². The lowest BCUT2D eigenvalue weighted by Crippen LogP contribution is -2.39. The predicted octanol–water partition coefficient (Wildman–Crippen LogP) is 5.59. The van der Waals surface area contributed by atoms with Crippen molar-refractivity contribution in [2.75, 3.05) is 39.5 Å². The smallest absolute Gasteiger partial charge is 0.415 e. The van der Waals surface area contributed by atoms with Gasteiger partial charge in [0.2, 0.25) is 5.92 Å². The molecule has 1 amide bonds. The summed E-state index contributed by atoms with van der Waals surface area (Å²) in [6.45, 7) is 9.02. The van der Waals surface area contributed by atoms with Gasteiger partial charge in [0, 0.05) is 26.0 Å². The molecule has 0 aliphatic rings. The Morgan fingerprint density at radius 1 is 0.974 bits per heavy atom. The normalized spacial score (nSPS) is 12.2. The molecular weight excluding hydrogens is 512 g/mol. The zero-order valence-electron chi connectivity index (χ0n) is 23.3. The number of nitrogens with zero attached hydrogens (tertiary/aromatic N) is 1. The molecule has 2 rings (SSSR count). The quantitative estimate of drug-likeness (QED) is 0.272. The highest BCUT2D eigenvalue weighted by atomic mass is 19.3. The molecule has 39 heavy (non-hydrogen) atoms. The van der Waals surface area contributed by atoms with Crippen LogP contribution < -0.4 is 9.47 Å². The minimum Gasteiger partial charge on any atom is -0.492 e. The predicted molar refractivity (Wildman–Crippen MR) is 143 cm³/mol. The van der Waals surface area contributed by atoms with Crippen LogP contribution >= 0.6 is 0 Å². The van der Waals surface area contributed by atoms with Gasteiger partial charge in [-0.2, -0.15) is 0 Å². The molecule has 0 fully saturated rings. The van der Waals surface area contributed by atoms with Crippen LogP contribution in [0.1, 0.15) is 42.5 Å². The highest BCUT2D eigenvalue weighted by molar-refractivity contribution is 5.73. The monoisotopic (exact) mass is 551 g/mol. The van der Waals surface area contributed by atoms with Crippen LogP contribution in [0.2, 0.25) is 0 Å². The van der Waals surface area contributed by atoms with E-state index in [0.29, 0.717) is 18.1 Å². The third kappa shape index (κ3) is 11.6. The molecule has 216 valence electrons. The van der Waals surface area contributed by atoms with Crippen molar-refractivity contribution in [2.45, 2.75) is 59.5 Å². The Morgan fingerprint density at radius 3 is 2.23 bits per heavy atom. The number of carbonyl (C=O) groups excluding carboxylic acids is 1. The molecule has 1 atom stereocenters. The van der Waals surface area contributed by atoms with Crippen molar-refractivity contribution in [3.8, 4) is 11.5 Å². The van der Waals surface area contributed by atoms with Crippen molar-refractivity contribution in [1.82, 2.24) is 4.90 Å². The lowest BCUT2D eigenvalue weighted by atomic mass is 10.1. The number of ether oxygens (including phenoxy) is 4. The molecule has 8 nitrogen and oxygen atoms in total. The second kappa shape index (κ2) is 15.4. The number of aryl methyl sites for hydroxylation is 3. The van der Waals surface area contributed by atoms with Gasteiger partial charge >= 0.3 is 12.1 Å². The third-order valence-corrected chi connectivity index (χ3v) is 6.06. The molecule has 1 N–H and O–H groups in total. The number of benzene rings is 2. The van der Waals surface area contributed by atoms with E-state index in [9.17, 15) is 23.5 Å². The number of carboxylic acid groups (broad SMARTS) is 1. The zero-order valence-corrected chi connectivity index (χ0v) is 23.3. The molecule has 0 aliphatic heterocycles. The molecule has 0 saturated carbocycles. The summed E-state index contributed by atoms with van der Waals surface area (Å²) in [7, 11) is 0. The van der Waals surface area contributed by atoms with Crippen LogP contribution in [-0.2, 0) is 20.7 Å². The van der Waals surface area contributed by atoms with Crippen molar-refractivity contribution in [3.05, 3.63) is 58.7 Å². The Labute approximate surface area is 228 Å². The van der Waals surface area contributed by atoms with E-state index in [1.54, 1.807) is 37.3 Å². The summed E-state index contributed by atoms with van der Waals surface area (Å²) in [6.07, 6.45) is -1.70. The summed E-state index contributed by atoms with van der Waals surface area (Å²) in [5, 5.41) is 9.26. The first-order valence-corrected chi connectivity index (χ1v) is 13.0. The Balaban J connectivity index is 1.98. The standard InChI is InChI=1S/C29H39F2NO7/c1-6-37-26(27(33)34)19-23-7-9-24(10-8-23)38-16-13-32(12-15-36-14-11-29(5,30)31)28(35)39-25-18-21(3)20(2)17-22(25)4/h7-10,17-18,26H,6,11-16,19H2,1-5H3,(H,33,34). The fourth-order valence-corrected chi connectivity index (χ4v) is 3.65. The first-order chi connectivity index (χ1) is 18.4. The summed E-state index contributed by atoms with van der Waals surface area (Å²) in [5.74, 6) is -2.85. The largest absolute Gasteiger partial charge is 0.492 e. The molecular formula is C29H39F2NO7. The number of hydrogen-bond donors (Lipinski definition) is 1. The van der Waals surface area contributed by atoms with Gasteiger partial charge in [0.1, 0.15) is 18.1 Å². The molecule has 0 spiro atoms. The fraction of sp³-hybridized carbons (Fsp3) is 0.517. The van der Waals surface area contributed by atoms with E-state index in [2.05, 4.69) is 0 Å². The van der Waals surface area contributed by atoms with Gasteiger partial charge in [0.15, 0.2) is 6.10 Å².